The fourth-order valence-electron chi connectivity index (χ4n) is 5.87. The summed E-state index contributed by atoms with van der Waals surface area (Å²) < 4.78 is 28.4. The van der Waals surface area contributed by atoms with Crippen molar-refractivity contribution in [2.24, 2.45) is 7.05 Å². The lowest BCUT2D eigenvalue weighted by atomic mass is 9.88. The lowest BCUT2D eigenvalue weighted by molar-refractivity contribution is 0.0121. The molecule has 218 valence electrons. The summed E-state index contributed by atoms with van der Waals surface area (Å²) >= 11 is 0. The zero-order valence-electron chi connectivity index (χ0n) is 23.8. The van der Waals surface area contributed by atoms with Gasteiger partial charge in [-0.3, -0.25) is 9.48 Å². The van der Waals surface area contributed by atoms with Gasteiger partial charge < -0.3 is 14.8 Å². The molecule has 42 heavy (non-hydrogen) atoms. The average molecular weight is 575 g/mol. The van der Waals surface area contributed by atoms with Crippen LogP contribution in [0.2, 0.25) is 0 Å². The maximum absolute atomic E-state index is 15.6. The molecule has 1 spiro atoms. The van der Waals surface area contributed by atoms with Crippen molar-refractivity contribution >= 4 is 34.5 Å². The molecule has 1 fully saturated rings. The summed E-state index contributed by atoms with van der Waals surface area (Å²) in [6, 6.07) is 9.88. The Balaban J connectivity index is 1.44. The third-order valence-electron chi connectivity index (χ3n) is 7.67. The second-order valence-corrected chi connectivity index (χ2v) is 11.7. The maximum Gasteiger partial charge on any atom is 0.421 e. The Hall–Kier alpha value is -4.74. The standard InChI is InChI=1S/C30H31FN6O5/c1-29(2,3)41-27(39)32-16-23-19-14-17(10-11-18(19)25(38)35-34-23)20-15-33-36(4)26(20)37-24-21(8-7-9-22(24)31)30(42-28(37)40)12-5-6-13-30/h7-11,14-15H,5-6,12-13,16H2,1-4H3,(H,32,39)(H,35,38). The van der Waals surface area contributed by atoms with Crippen LogP contribution in [0.1, 0.15) is 57.7 Å². The van der Waals surface area contributed by atoms with Gasteiger partial charge in [-0.15, -0.1) is 0 Å². The van der Waals surface area contributed by atoms with E-state index in [9.17, 15) is 14.4 Å². The highest BCUT2D eigenvalue weighted by atomic mass is 19.1. The third kappa shape index (κ3) is 4.66. The molecule has 0 bridgehead atoms. The van der Waals surface area contributed by atoms with Crippen molar-refractivity contribution in [1.29, 1.82) is 0 Å². The minimum Gasteiger partial charge on any atom is -0.444 e. The van der Waals surface area contributed by atoms with Crippen LogP contribution in [0.4, 0.5) is 25.5 Å². The number of anilines is 2. The molecule has 2 aromatic carbocycles. The number of nitrogens with one attached hydrogen (secondary N) is 2. The van der Waals surface area contributed by atoms with Crippen LogP contribution in [0.15, 0.2) is 47.4 Å². The molecule has 2 aliphatic rings. The summed E-state index contributed by atoms with van der Waals surface area (Å²) in [7, 11) is 1.66. The van der Waals surface area contributed by atoms with E-state index in [1.54, 1.807) is 58.3 Å². The molecule has 0 unspecified atom stereocenters. The first kappa shape index (κ1) is 27.4. The number of aromatic amines is 1. The summed E-state index contributed by atoms with van der Waals surface area (Å²) in [6.07, 6.45) is 3.30. The minimum atomic E-state index is -0.852. The van der Waals surface area contributed by atoms with Gasteiger partial charge in [0, 0.05) is 23.6 Å². The number of hydrogen-bond donors (Lipinski definition) is 2. The number of amides is 2. The molecule has 1 aliphatic carbocycles. The van der Waals surface area contributed by atoms with Crippen molar-refractivity contribution < 1.29 is 23.5 Å². The first-order valence-electron chi connectivity index (χ1n) is 13.8. The van der Waals surface area contributed by atoms with Gasteiger partial charge in [-0.25, -0.2) is 24.0 Å². The molecule has 2 aromatic heterocycles. The number of alkyl carbamates (subject to hydrolysis) is 1. The van der Waals surface area contributed by atoms with E-state index in [0.717, 1.165) is 12.8 Å². The third-order valence-corrected chi connectivity index (χ3v) is 7.67. The van der Waals surface area contributed by atoms with Crippen molar-refractivity contribution in [3.05, 3.63) is 70.0 Å². The van der Waals surface area contributed by atoms with E-state index in [1.165, 1.54) is 15.6 Å². The summed E-state index contributed by atoms with van der Waals surface area (Å²) in [5, 5.41) is 14.5. The number of carbonyl (C=O) groups is 2. The molecule has 1 saturated carbocycles. The molecular weight excluding hydrogens is 543 g/mol. The molecular formula is C30H31FN6O5. The first-order valence-corrected chi connectivity index (χ1v) is 13.8. The van der Waals surface area contributed by atoms with E-state index in [1.807, 2.05) is 6.07 Å². The van der Waals surface area contributed by atoms with E-state index in [4.69, 9.17) is 9.47 Å². The molecule has 0 atom stereocenters. The minimum absolute atomic E-state index is 0.00926. The van der Waals surface area contributed by atoms with Gasteiger partial charge in [-0.05, 0) is 70.2 Å². The Labute approximate surface area is 240 Å². The number of hydrogen-bond acceptors (Lipinski definition) is 7. The molecule has 3 heterocycles. The molecule has 1 aliphatic heterocycles. The van der Waals surface area contributed by atoms with E-state index in [-0.39, 0.29) is 12.2 Å². The smallest absolute Gasteiger partial charge is 0.421 e. The topological polar surface area (TPSA) is 131 Å². The van der Waals surface area contributed by atoms with Crippen molar-refractivity contribution in [3.8, 4) is 11.1 Å². The van der Waals surface area contributed by atoms with Gasteiger partial charge in [-0.2, -0.15) is 10.2 Å². The predicted molar refractivity (Wildman–Crippen MR) is 153 cm³/mol. The van der Waals surface area contributed by atoms with Crippen LogP contribution < -0.4 is 15.8 Å². The van der Waals surface area contributed by atoms with Crippen LogP contribution in [0.25, 0.3) is 21.9 Å². The SMILES string of the molecule is Cn1ncc(-c2ccc3c(=O)[nH]nc(CNC(=O)OC(C)(C)C)c3c2)c1N1C(=O)OC2(CCCC2)c2cccc(F)c21. The van der Waals surface area contributed by atoms with Crippen molar-refractivity contribution in [2.75, 3.05) is 4.90 Å². The summed E-state index contributed by atoms with van der Waals surface area (Å²) in [4.78, 5) is 39.8. The number of fused-ring (bicyclic) bond motifs is 3. The van der Waals surface area contributed by atoms with Crippen LogP contribution in [0, 0.1) is 5.82 Å². The van der Waals surface area contributed by atoms with Gasteiger partial charge in [0.2, 0.25) is 0 Å². The number of aryl methyl sites for hydroxylation is 1. The fourth-order valence-corrected chi connectivity index (χ4v) is 5.87. The highest BCUT2D eigenvalue weighted by Crippen LogP contribution is 2.52. The summed E-state index contributed by atoms with van der Waals surface area (Å²) in [6.45, 7) is 5.26. The van der Waals surface area contributed by atoms with Gasteiger partial charge >= 0.3 is 12.2 Å². The second kappa shape index (κ2) is 9.97. The molecule has 12 heteroatoms. The number of para-hydroxylation sites is 1. The lowest BCUT2D eigenvalue weighted by Crippen LogP contribution is -2.44. The van der Waals surface area contributed by atoms with Crippen LogP contribution in [-0.4, -0.2) is 37.8 Å². The first-order chi connectivity index (χ1) is 20.0. The Morgan fingerprint density at radius 2 is 1.93 bits per heavy atom. The number of ether oxygens (including phenoxy) is 2. The normalized spacial score (nSPS) is 16.0. The largest absolute Gasteiger partial charge is 0.444 e. The highest BCUT2D eigenvalue weighted by Gasteiger charge is 2.49. The zero-order valence-corrected chi connectivity index (χ0v) is 23.8. The Morgan fingerprint density at radius 3 is 2.67 bits per heavy atom. The molecule has 4 aromatic rings. The van der Waals surface area contributed by atoms with E-state index < -0.39 is 34.8 Å². The van der Waals surface area contributed by atoms with E-state index in [0.29, 0.717) is 51.8 Å². The molecule has 2 N–H and O–H groups in total. The maximum atomic E-state index is 15.6. The quantitative estimate of drug-likeness (QED) is 0.327. The second-order valence-electron chi connectivity index (χ2n) is 11.7. The van der Waals surface area contributed by atoms with Crippen LogP contribution in [0.5, 0.6) is 0 Å². The number of halogens is 1. The van der Waals surface area contributed by atoms with E-state index >= 15 is 4.39 Å². The molecule has 11 nitrogen and oxygen atoms in total. The van der Waals surface area contributed by atoms with Crippen LogP contribution >= 0.6 is 0 Å². The average Bonchev–Trinajstić information content (AvgIpc) is 3.55. The number of carbonyl (C=O) groups excluding carboxylic acids is 2. The van der Waals surface area contributed by atoms with Gasteiger partial charge in [0.15, 0.2) is 0 Å². The van der Waals surface area contributed by atoms with Gasteiger partial charge in [0.1, 0.15) is 22.8 Å². The van der Waals surface area contributed by atoms with Crippen molar-refractivity contribution in [1.82, 2.24) is 25.3 Å². The van der Waals surface area contributed by atoms with Crippen molar-refractivity contribution in [3.63, 3.8) is 0 Å². The Kier molecular flexibility index (Phi) is 6.51. The Bertz CT molecular complexity index is 1780. The Morgan fingerprint density at radius 1 is 1.17 bits per heavy atom. The molecule has 0 saturated heterocycles. The van der Waals surface area contributed by atoms with Gasteiger partial charge in [0.05, 0.1) is 29.5 Å². The van der Waals surface area contributed by atoms with Crippen LogP contribution in [0.3, 0.4) is 0 Å². The number of H-pyrrole nitrogens is 1. The predicted octanol–water partition coefficient (Wildman–Crippen LogP) is 5.55. The fraction of sp³-hybridized carbons (Fsp3) is 0.367. The summed E-state index contributed by atoms with van der Waals surface area (Å²) in [5.41, 5.74) is 0.372. The van der Waals surface area contributed by atoms with Gasteiger partial charge in [-0.1, -0.05) is 18.2 Å². The number of rotatable bonds is 4. The van der Waals surface area contributed by atoms with Gasteiger partial charge in [0.25, 0.3) is 5.56 Å². The molecule has 6 rings (SSSR count). The van der Waals surface area contributed by atoms with E-state index in [2.05, 4.69) is 20.6 Å². The summed E-state index contributed by atoms with van der Waals surface area (Å²) in [5.74, 6) is -0.225. The lowest BCUT2D eigenvalue weighted by Gasteiger charge is -2.40. The zero-order chi connectivity index (χ0) is 29.8. The number of nitrogens with zero attached hydrogens (tertiary/aromatic N) is 4. The number of aromatic nitrogens is 4. The molecule has 0 radical (unpaired) electrons. The number of benzene rings is 2. The molecule has 2 amide bonds. The highest BCUT2D eigenvalue weighted by molar-refractivity contribution is 6.02. The van der Waals surface area contributed by atoms with Crippen LogP contribution in [-0.2, 0) is 28.7 Å². The monoisotopic (exact) mass is 574 g/mol. The van der Waals surface area contributed by atoms with Crippen molar-refractivity contribution in [2.45, 2.75) is 64.2 Å².